The lowest BCUT2D eigenvalue weighted by Crippen LogP contribution is -2.90. The third-order valence-electron chi connectivity index (χ3n) is 6.33. The van der Waals surface area contributed by atoms with Crippen LogP contribution in [0, 0.1) is 33.5 Å². The third kappa shape index (κ3) is 2.16. The van der Waals surface area contributed by atoms with Gasteiger partial charge in [-0.2, -0.15) is 10.5 Å². The van der Waals surface area contributed by atoms with Crippen LogP contribution in [0.5, 0.6) is 5.75 Å². The predicted octanol–water partition coefficient (Wildman–Crippen LogP) is 0.923. The van der Waals surface area contributed by atoms with Gasteiger partial charge < -0.3 is 14.2 Å². The average Bonchev–Trinajstić information content (AvgIpc) is 3.17. The highest BCUT2D eigenvalue weighted by Crippen LogP contribution is 2.79. The number of amidine groups is 1. The molecule has 5 atom stereocenters. The van der Waals surface area contributed by atoms with Crippen LogP contribution in [0.15, 0.2) is 54.6 Å². The fraction of sp³-hybridized carbons (Fsp3) is 0.348. The molecule has 2 aromatic carbocycles. The number of rotatable bonds is 4. The summed E-state index contributed by atoms with van der Waals surface area (Å²) < 4.78 is 17.9. The molecule has 1 saturated carbocycles. The molecule has 3 N–H and O–H groups in total. The summed E-state index contributed by atoms with van der Waals surface area (Å²) in [7, 11) is 0. The van der Waals surface area contributed by atoms with Crippen LogP contribution in [0.4, 0.5) is 0 Å². The number of hydrogen-bond donors (Lipinski definition) is 2. The van der Waals surface area contributed by atoms with Crippen LogP contribution < -0.4 is 15.5 Å². The Labute approximate surface area is 174 Å². The third-order valence-corrected chi connectivity index (χ3v) is 6.33. The molecule has 0 radical (unpaired) electrons. The lowest BCUT2D eigenvalue weighted by molar-refractivity contribution is -0.677. The maximum absolute atomic E-state index is 10.2. The van der Waals surface area contributed by atoms with Crippen molar-refractivity contribution in [2.75, 3.05) is 6.61 Å². The smallest absolute Gasteiger partial charge is 0.343 e. The van der Waals surface area contributed by atoms with Crippen molar-refractivity contribution in [2.45, 2.75) is 31.5 Å². The van der Waals surface area contributed by atoms with Gasteiger partial charge in [0, 0.05) is 5.92 Å². The van der Waals surface area contributed by atoms with Crippen molar-refractivity contribution in [1.29, 1.82) is 10.5 Å². The second kappa shape index (κ2) is 6.30. The van der Waals surface area contributed by atoms with Gasteiger partial charge in [-0.3, -0.25) is 5.73 Å². The Bertz CT molecular complexity index is 1120. The molecule has 0 aromatic heterocycles. The summed E-state index contributed by atoms with van der Waals surface area (Å²) in [6.45, 7) is 2.60. The summed E-state index contributed by atoms with van der Waals surface area (Å²) in [6, 6.07) is 22.0. The molecule has 1 saturated heterocycles. The van der Waals surface area contributed by atoms with Gasteiger partial charge in [-0.1, -0.05) is 42.5 Å². The largest absolute Gasteiger partial charge is 0.489 e. The van der Waals surface area contributed by atoms with Crippen molar-refractivity contribution in [2.24, 2.45) is 16.6 Å². The zero-order chi connectivity index (χ0) is 21.0. The lowest BCUT2D eigenvalue weighted by atomic mass is 9.94. The van der Waals surface area contributed by atoms with Crippen molar-refractivity contribution in [1.82, 2.24) is 0 Å². The molecule has 1 spiro atoms. The molecule has 2 fully saturated rings. The van der Waals surface area contributed by atoms with Gasteiger partial charge in [0.25, 0.3) is 5.84 Å². The molecule has 3 aliphatic rings. The molecule has 0 amide bonds. The highest BCUT2D eigenvalue weighted by molar-refractivity contribution is 5.95. The standard InChI is InChI=1S/C23H20N4O3/c1-15-11-29-23(30-15)22(14-25)19(21(22,13-24)20(26)27-23)17-8-5-9-18(10-17)28-12-16-6-3-2-4-7-16/h2-10,15,19H,11-12H2,1H3,(H2,26,27)/p+1/t15-,19+,21+,22+,23+/m0/s1. The summed E-state index contributed by atoms with van der Waals surface area (Å²) in [4.78, 5) is 2.98. The van der Waals surface area contributed by atoms with Crippen molar-refractivity contribution >= 4 is 5.84 Å². The van der Waals surface area contributed by atoms with Crippen LogP contribution in [-0.4, -0.2) is 24.5 Å². The normalized spacial score (nSPS) is 35.9. The molecule has 2 aromatic rings. The van der Waals surface area contributed by atoms with E-state index in [2.05, 4.69) is 17.1 Å². The number of nitrogens with zero attached hydrogens (tertiary/aromatic N) is 2. The van der Waals surface area contributed by atoms with E-state index in [1.54, 1.807) is 0 Å². The fourth-order valence-corrected chi connectivity index (χ4v) is 4.99. The van der Waals surface area contributed by atoms with Gasteiger partial charge in [0.15, 0.2) is 10.8 Å². The number of nitriles is 2. The van der Waals surface area contributed by atoms with Crippen LogP contribution in [0.25, 0.3) is 0 Å². The van der Waals surface area contributed by atoms with Crippen molar-refractivity contribution in [3.8, 4) is 17.9 Å². The fourth-order valence-electron chi connectivity index (χ4n) is 4.99. The summed E-state index contributed by atoms with van der Waals surface area (Å²) in [5.41, 5.74) is 5.60. The summed E-state index contributed by atoms with van der Waals surface area (Å²) in [6.07, 6.45) is -0.216. The predicted molar refractivity (Wildman–Crippen MR) is 105 cm³/mol. The zero-order valence-electron chi connectivity index (χ0n) is 16.5. The highest BCUT2D eigenvalue weighted by Gasteiger charge is 2.97. The number of hydrogen-bond acceptors (Lipinski definition) is 6. The summed E-state index contributed by atoms with van der Waals surface area (Å²) in [5.74, 6) is -1.05. The molecule has 5 rings (SSSR count). The van der Waals surface area contributed by atoms with E-state index < -0.39 is 22.7 Å². The number of nitrogens with two attached hydrogens (primary N) is 1. The second-order valence-electron chi connectivity index (χ2n) is 8.01. The first kappa shape index (κ1) is 18.6. The van der Waals surface area contributed by atoms with E-state index in [-0.39, 0.29) is 11.9 Å². The maximum atomic E-state index is 10.2. The number of nitrogens with one attached hydrogen (secondary N) is 1. The van der Waals surface area contributed by atoms with Crippen molar-refractivity contribution in [3.05, 3.63) is 65.7 Å². The molecular weight excluding hydrogens is 380 g/mol. The highest BCUT2D eigenvalue weighted by atomic mass is 16.8. The summed E-state index contributed by atoms with van der Waals surface area (Å²) in [5, 5.41) is 20.4. The van der Waals surface area contributed by atoms with E-state index in [9.17, 15) is 10.5 Å². The van der Waals surface area contributed by atoms with E-state index in [0.29, 0.717) is 19.0 Å². The second-order valence-corrected chi connectivity index (χ2v) is 8.01. The van der Waals surface area contributed by atoms with Gasteiger partial charge in [-0.15, -0.1) is 0 Å². The SMILES string of the molecule is C[C@H]1CO[C@@]2([NH+]=C(N)[C@@]3(C#N)[C@@H](c4cccc(OCc5ccccc5)c4)[C@@]23C#N)O1. The molecule has 7 heteroatoms. The molecule has 0 bridgehead atoms. The van der Waals surface area contributed by atoms with Gasteiger partial charge in [0.1, 0.15) is 12.4 Å². The first-order valence-electron chi connectivity index (χ1n) is 9.85. The minimum Gasteiger partial charge on any atom is -0.489 e. The Balaban J connectivity index is 1.50. The van der Waals surface area contributed by atoms with Gasteiger partial charge >= 0.3 is 5.91 Å². The first-order chi connectivity index (χ1) is 14.5. The van der Waals surface area contributed by atoms with Gasteiger partial charge in [-0.05, 0) is 30.2 Å². The number of fused-ring (bicyclic) bond motifs is 2. The zero-order valence-corrected chi connectivity index (χ0v) is 16.5. The first-order valence-corrected chi connectivity index (χ1v) is 9.85. The lowest BCUT2D eigenvalue weighted by Gasteiger charge is -2.24. The molecular formula is C23H21N4O3+. The minimum absolute atomic E-state index is 0.209. The molecule has 0 unspecified atom stereocenters. The number of ether oxygens (including phenoxy) is 3. The Morgan fingerprint density at radius 1 is 1.17 bits per heavy atom. The number of benzene rings is 2. The van der Waals surface area contributed by atoms with Crippen molar-refractivity contribution in [3.63, 3.8) is 0 Å². The van der Waals surface area contributed by atoms with Crippen LogP contribution in [0.1, 0.15) is 24.0 Å². The van der Waals surface area contributed by atoms with E-state index >= 15 is 0 Å². The molecule has 2 aliphatic heterocycles. The Hall–Kier alpha value is -3.39. The Kier molecular flexibility index (Phi) is 3.91. The topological polar surface area (TPSA) is 115 Å². The van der Waals surface area contributed by atoms with E-state index in [1.165, 1.54) is 0 Å². The van der Waals surface area contributed by atoms with Gasteiger partial charge in [0.05, 0.1) is 24.8 Å². The Morgan fingerprint density at radius 2 is 1.97 bits per heavy atom. The minimum atomic E-state index is -1.42. The maximum Gasteiger partial charge on any atom is 0.343 e. The van der Waals surface area contributed by atoms with Gasteiger partial charge in [-0.25, -0.2) is 4.99 Å². The molecule has 2 heterocycles. The van der Waals surface area contributed by atoms with Crippen LogP contribution >= 0.6 is 0 Å². The molecule has 7 nitrogen and oxygen atoms in total. The van der Waals surface area contributed by atoms with Crippen LogP contribution in [-0.2, 0) is 16.1 Å². The van der Waals surface area contributed by atoms with Crippen LogP contribution in [0.3, 0.4) is 0 Å². The average molecular weight is 401 g/mol. The Morgan fingerprint density at radius 3 is 2.63 bits per heavy atom. The van der Waals surface area contributed by atoms with Gasteiger partial charge in [0.2, 0.25) is 0 Å². The van der Waals surface area contributed by atoms with Crippen LogP contribution in [0.2, 0.25) is 0 Å². The summed E-state index contributed by atoms with van der Waals surface area (Å²) >= 11 is 0. The quantitative estimate of drug-likeness (QED) is 0.787. The van der Waals surface area contributed by atoms with E-state index in [4.69, 9.17) is 19.9 Å². The monoisotopic (exact) mass is 401 g/mol. The molecule has 30 heavy (non-hydrogen) atoms. The van der Waals surface area contributed by atoms with Crippen molar-refractivity contribution < 1.29 is 19.2 Å². The van der Waals surface area contributed by atoms with E-state index in [0.717, 1.165) is 11.1 Å². The van der Waals surface area contributed by atoms with E-state index in [1.807, 2.05) is 61.5 Å². The molecule has 150 valence electrons. The molecule has 1 aliphatic carbocycles.